The molecule has 0 aliphatic heterocycles. The summed E-state index contributed by atoms with van der Waals surface area (Å²) in [5, 5.41) is 9.79. The number of aromatic nitrogens is 2. The van der Waals surface area contributed by atoms with Crippen LogP contribution in [0.5, 0.6) is 0 Å². The summed E-state index contributed by atoms with van der Waals surface area (Å²) in [7, 11) is 0. The molecule has 5 nitrogen and oxygen atoms in total. The molecule has 2 heterocycles. The minimum Gasteiger partial charge on any atom is -0.338 e. The van der Waals surface area contributed by atoms with Crippen molar-refractivity contribution < 1.29 is 4.79 Å². The van der Waals surface area contributed by atoms with Crippen LogP contribution in [-0.2, 0) is 6.54 Å². The fourth-order valence-electron chi connectivity index (χ4n) is 3.99. The number of thioether (sulfide) groups is 1. The molecule has 6 heteroatoms. The average Bonchev–Trinajstić information content (AvgIpc) is 3.09. The van der Waals surface area contributed by atoms with E-state index in [1.165, 1.54) is 6.20 Å². The number of para-hydroxylation sites is 1. The number of benzene rings is 2. The van der Waals surface area contributed by atoms with Gasteiger partial charge < -0.3 is 9.13 Å². The third-order valence-corrected chi connectivity index (χ3v) is 6.19. The summed E-state index contributed by atoms with van der Waals surface area (Å²) in [4.78, 5) is 26.9. The minimum absolute atomic E-state index is 0.0332. The lowest BCUT2D eigenvalue weighted by molar-refractivity contribution is 0.0973. The van der Waals surface area contributed by atoms with Gasteiger partial charge in [0.1, 0.15) is 11.6 Å². The summed E-state index contributed by atoms with van der Waals surface area (Å²) in [6.07, 6.45) is 3.51. The van der Waals surface area contributed by atoms with Gasteiger partial charge in [0, 0.05) is 39.1 Å². The molecule has 0 saturated heterocycles. The first-order chi connectivity index (χ1) is 14.9. The number of carbonyl (C=O) groups excluding carboxylic acids is 1. The zero-order valence-corrected chi connectivity index (χ0v) is 18.4. The molecule has 2 aromatic carbocycles. The predicted octanol–water partition coefficient (Wildman–Crippen LogP) is 4.89. The lowest BCUT2D eigenvalue weighted by Gasteiger charge is -2.12. The van der Waals surface area contributed by atoms with Crippen LogP contribution in [0.15, 0.2) is 70.5 Å². The number of hydrogen-bond acceptors (Lipinski definition) is 4. The Hall–Kier alpha value is -3.56. The lowest BCUT2D eigenvalue weighted by atomic mass is 10.1. The van der Waals surface area contributed by atoms with Crippen molar-refractivity contribution in [1.82, 2.24) is 9.13 Å². The number of rotatable bonds is 5. The fraction of sp³-hybridized carbons (Fsp3) is 0.160. The van der Waals surface area contributed by atoms with Crippen molar-refractivity contribution >= 4 is 28.4 Å². The molecule has 31 heavy (non-hydrogen) atoms. The highest BCUT2D eigenvalue weighted by molar-refractivity contribution is 7.98. The van der Waals surface area contributed by atoms with Crippen LogP contribution in [-0.4, -0.2) is 21.2 Å². The maximum absolute atomic E-state index is 13.3. The van der Waals surface area contributed by atoms with E-state index in [9.17, 15) is 14.9 Å². The van der Waals surface area contributed by atoms with Crippen molar-refractivity contribution in [3.05, 3.63) is 93.5 Å². The van der Waals surface area contributed by atoms with Crippen LogP contribution in [0.4, 0.5) is 0 Å². The molecule has 0 fully saturated rings. The Morgan fingerprint density at radius 3 is 2.61 bits per heavy atom. The van der Waals surface area contributed by atoms with Gasteiger partial charge in [-0.3, -0.25) is 9.59 Å². The van der Waals surface area contributed by atoms with Gasteiger partial charge in [-0.05, 0) is 56.5 Å². The van der Waals surface area contributed by atoms with E-state index in [1.807, 2.05) is 50.4 Å². The van der Waals surface area contributed by atoms with Crippen LogP contribution in [0.2, 0.25) is 0 Å². The Kier molecular flexibility index (Phi) is 5.53. The largest absolute Gasteiger partial charge is 0.338 e. The molecule has 0 amide bonds. The van der Waals surface area contributed by atoms with Gasteiger partial charge in [-0.15, -0.1) is 11.8 Å². The molecular formula is C25H21N3O2S. The number of Topliss-reactive ketones (excluding diaryl/α,β-unsaturated/α-hetero) is 1. The highest BCUT2D eigenvalue weighted by Gasteiger charge is 2.18. The Bertz CT molecular complexity index is 1420. The third-order valence-electron chi connectivity index (χ3n) is 5.47. The van der Waals surface area contributed by atoms with Crippen molar-refractivity contribution in [2.24, 2.45) is 0 Å². The predicted molar refractivity (Wildman–Crippen MR) is 124 cm³/mol. The summed E-state index contributed by atoms with van der Waals surface area (Å²) in [6.45, 7) is 3.97. The van der Waals surface area contributed by atoms with Gasteiger partial charge in [-0.25, -0.2) is 0 Å². The second-order valence-electron chi connectivity index (χ2n) is 7.37. The molecule has 4 rings (SSSR count). The number of ketones is 1. The van der Waals surface area contributed by atoms with Crippen LogP contribution in [0.1, 0.15) is 27.3 Å². The average molecular weight is 428 g/mol. The molecule has 0 spiro atoms. The van der Waals surface area contributed by atoms with Gasteiger partial charge in [0.15, 0.2) is 5.78 Å². The molecule has 0 bridgehead atoms. The fourth-order valence-corrected chi connectivity index (χ4v) is 4.44. The van der Waals surface area contributed by atoms with Crippen LogP contribution in [0.25, 0.3) is 16.6 Å². The smallest absolute Gasteiger partial charge is 0.207 e. The van der Waals surface area contributed by atoms with Crippen molar-refractivity contribution in [2.75, 3.05) is 6.26 Å². The van der Waals surface area contributed by atoms with Crippen LogP contribution in [0.3, 0.4) is 0 Å². The van der Waals surface area contributed by atoms with Gasteiger partial charge >= 0.3 is 0 Å². The molecule has 4 aromatic rings. The molecule has 2 aromatic heterocycles. The summed E-state index contributed by atoms with van der Waals surface area (Å²) < 4.78 is 3.77. The Morgan fingerprint density at radius 2 is 1.87 bits per heavy atom. The van der Waals surface area contributed by atoms with E-state index >= 15 is 0 Å². The molecule has 0 aliphatic rings. The van der Waals surface area contributed by atoms with E-state index in [-0.39, 0.29) is 23.3 Å². The molecular weight excluding hydrogens is 406 g/mol. The maximum atomic E-state index is 13.3. The number of carbonyl (C=O) groups is 1. The van der Waals surface area contributed by atoms with Crippen LogP contribution < -0.4 is 5.43 Å². The normalized spacial score (nSPS) is 10.9. The lowest BCUT2D eigenvalue weighted by Crippen LogP contribution is -2.17. The maximum Gasteiger partial charge on any atom is 0.207 e. The molecule has 0 N–H and O–H groups in total. The standard InChI is InChI=1S/C25H21N3O2S/c1-16-11-22(17(2)28(16)19-7-6-8-20(12-19)31-3)24(29)15-27-14-18(13-26)25(30)21-9-4-5-10-23(21)27/h4-12,14H,15H2,1-3H3. The van der Waals surface area contributed by atoms with Crippen LogP contribution >= 0.6 is 11.8 Å². The zero-order valence-electron chi connectivity index (χ0n) is 17.5. The number of pyridine rings is 1. The number of aryl methyl sites for hydroxylation is 1. The molecule has 0 aliphatic carbocycles. The number of nitrogens with zero attached hydrogens (tertiary/aromatic N) is 3. The van der Waals surface area contributed by atoms with Gasteiger partial charge in [-0.1, -0.05) is 18.2 Å². The highest BCUT2D eigenvalue weighted by atomic mass is 32.2. The van der Waals surface area contributed by atoms with Gasteiger partial charge in [0.05, 0.1) is 12.1 Å². The minimum atomic E-state index is -0.311. The summed E-state index contributed by atoms with van der Waals surface area (Å²) in [5.74, 6) is -0.0712. The third kappa shape index (κ3) is 3.69. The summed E-state index contributed by atoms with van der Waals surface area (Å²) in [6, 6.07) is 19.1. The van der Waals surface area contributed by atoms with Crippen molar-refractivity contribution in [3.8, 4) is 11.8 Å². The van der Waals surface area contributed by atoms with E-state index < -0.39 is 0 Å². The van der Waals surface area contributed by atoms with E-state index in [4.69, 9.17) is 0 Å². The molecule has 0 saturated carbocycles. The first-order valence-electron chi connectivity index (χ1n) is 9.83. The molecule has 0 unspecified atom stereocenters. The molecule has 0 radical (unpaired) electrons. The summed E-state index contributed by atoms with van der Waals surface area (Å²) >= 11 is 1.67. The van der Waals surface area contributed by atoms with Gasteiger partial charge in [0.2, 0.25) is 5.43 Å². The quantitative estimate of drug-likeness (QED) is 0.336. The first-order valence-corrected chi connectivity index (χ1v) is 11.1. The number of hydrogen-bond donors (Lipinski definition) is 0. The van der Waals surface area contributed by atoms with E-state index in [1.54, 1.807) is 34.5 Å². The second-order valence-corrected chi connectivity index (χ2v) is 8.25. The van der Waals surface area contributed by atoms with Gasteiger partial charge in [-0.2, -0.15) is 5.26 Å². The highest BCUT2D eigenvalue weighted by Crippen LogP contribution is 2.25. The van der Waals surface area contributed by atoms with Crippen molar-refractivity contribution in [1.29, 1.82) is 5.26 Å². The molecule has 154 valence electrons. The first kappa shape index (κ1) is 20.7. The molecule has 0 atom stereocenters. The van der Waals surface area contributed by atoms with Crippen molar-refractivity contribution in [3.63, 3.8) is 0 Å². The summed E-state index contributed by atoms with van der Waals surface area (Å²) in [5.41, 5.74) is 3.85. The Labute approximate surface area is 184 Å². The Balaban J connectivity index is 1.77. The second kappa shape index (κ2) is 8.29. The SMILES string of the molecule is CSc1cccc(-n2c(C)cc(C(=O)Cn3cc(C#N)c(=O)c4ccccc43)c2C)c1. The van der Waals surface area contributed by atoms with E-state index in [0.29, 0.717) is 16.5 Å². The Morgan fingerprint density at radius 1 is 1.10 bits per heavy atom. The number of fused-ring (bicyclic) bond motifs is 1. The van der Waals surface area contributed by atoms with Crippen LogP contribution in [0, 0.1) is 25.2 Å². The van der Waals surface area contributed by atoms with Crippen molar-refractivity contribution in [2.45, 2.75) is 25.3 Å². The van der Waals surface area contributed by atoms with Gasteiger partial charge in [0.25, 0.3) is 0 Å². The van der Waals surface area contributed by atoms with E-state index in [2.05, 4.69) is 16.7 Å². The van der Waals surface area contributed by atoms with E-state index in [0.717, 1.165) is 22.0 Å². The monoisotopic (exact) mass is 427 g/mol. The topological polar surface area (TPSA) is 67.8 Å². The zero-order chi connectivity index (χ0) is 22.1. The number of nitriles is 1.